The molecule has 1 aliphatic carbocycles. The largest absolute Gasteiger partial charge is 0.339 e. The highest BCUT2D eigenvalue weighted by Crippen LogP contribution is 2.35. The topological polar surface area (TPSA) is 54.5 Å². The maximum Gasteiger partial charge on any atom is 0.223 e. The third-order valence-electron chi connectivity index (χ3n) is 5.32. The van der Waals surface area contributed by atoms with Gasteiger partial charge in [0.1, 0.15) is 0 Å². The summed E-state index contributed by atoms with van der Waals surface area (Å²) in [6, 6.07) is 6.46. The Kier molecular flexibility index (Phi) is 5.50. The molecule has 1 aliphatic heterocycles. The zero-order valence-corrected chi connectivity index (χ0v) is 15.4. The van der Waals surface area contributed by atoms with Crippen LogP contribution in [0.1, 0.15) is 44.9 Å². The molecule has 1 saturated heterocycles. The second-order valence-electron chi connectivity index (χ2n) is 6.86. The number of benzene rings is 1. The lowest BCUT2D eigenvalue weighted by molar-refractivity contribution is -0.137. The molecular weight excluding hydrogens is 346 g/mol. The van der Waals surface area contributed by atoms with E-state index >= 15 is 0 Å². The average molecular weight is 370 g/mol. The Hall–Kier alpha value is -1.07. The van der Waals surface area contributed by atoms with Crippen LogP contribution in [0.3, 0.4) is 0 Å². The Labute approximate surface area is 149 Å². The maximum atomic E-state index is 12.6. The van der Waals surface area contributed by atoms with Crippen molar-refractivity contribution in [3.63, 3.8) is 0 Å². The molecule has 2 fully saturated rings. The van der Waals surface area contributed by atoms with E-state index in [0.717, 1.165) is 19.4 Å². The number of piperidine rings is 1. The molecule has 4 nitrogen and oxygen atoms in total. The maximum absolute atomic E-state index is 12.6. The van der Waals surface area contributed by atoms with E-state index in [1.165, 1.54) is 37.8 Å². The molecule has 1 saturated carbocycles. The van der Waals surface area contributed by atoms with Crippen LogP contribution in [0, 0.1) is 5.92 Å². The van der Waals surface area contributed by atoms with E-state index in [0.29, 0.717) is 17.0 Å². The molecule has 1 aromatic rings. The van der Waals surface area contributed by atoms with Crippen LogP contribution in [-0.4, -0.2) is 37.6 Å². The fraction of sp³-hybridized carbons (Fsp3) is 0.611. The zero-order chi connectivity index (χ0) is 17.2. The standard InChI is InChI=1S/C18H24ClNO3S/c19-15-7-9-16(10-8-15)24(22,23)13-11-18(21)20-12-3-5-14-4-1-2-6-17(14)20/h7-10,14,17H,1-6,11-13H2. The van der Waals surface area contributed by atoms with Crippen LogP contribution in [0.2, 0.25) is 5.02 Å². The summed E-state index contributed by atoms with van der Waals surface area (Å²) in [4.78, 5) is 14.8. The summed E-state index contributed by atoms with van der Waals surface area (Å²) in [6.07, 6.45) is 7.02. The van der Waals surface area contributed by atoms with Gasteiger partial charge in [-0.15, -0.1) is 0 Å². The summed E-state index contributed by atoms with van der Waals surface area (Å²) in [7, 11) is -3.45. The lowest BCUT2D eigenvalue weighted by atomic mass is 9.78. The van der Waals surface area contributed by atoms with Crippen LogP contribution in [0.4, 0.5) is 0 Å². The lowest BCUT2D eigenvalue weighted by Gasteiger charge is -2.44. The predicted octanol–water partition coefficient (Wildman–Crippen LogP) is 3.69. The van der Waals surface area contributed by atoms with Crippen molar-refractivity contribution in [2.75, 3.05) is 12.3 Å². The molecule has 2 atom stereocenters. The number of hydrogen-bond donors (Lipinski definition) is 0. The molecule has 3 rings (SSSR count). The summed E-state index contributed by atoms with van der Waals surface area (Å²) in [6.45, 7) is 0.779. The molecular formula is C18H24ClNO3S. The number of fused-ring (bicyclic) bond motifs is 1. The molecule has 2 aliphatic rings. The van der Waals surface area contributed by atoms with Crippen molar-refractivity contribution < 1.29 is 13.2 Å². The second-order valence-corrected chi connectivity index (χ2v) is 9.41. The molecule has 0 bridgehead atoms. The van der Waals surface area contributed by atoms with E-state index in [2.05, 4.69) is 0 Å². The Bertz CT molecular complexity index is 685. The number of likely N-dealkylation sites (tertiary alicyclic amines) is 1. The first kappa shape index (κ1) is 17.7. The van der Waals surface area contributed by atoms with Gasteiger partial charge >= 0.3 is 0 Å². The number of carbonyl (C=O) groups is 1. The molecule has 0 N–H and O–H groups in total. The van der Waals surface area contributed by atoms with Crippen molar-refractivity contribution in [3.05, 3.63) is 29.3 Å². The fourth-order valence-corrected chi connectivity index (χ4v) is 5.42. The van der Waals surface area contributed by atoms with Gasteiger partial charge < -0.3 is 4.90 Å². The lowest BCUT2D eigenvalue weighted by Crippen LogP contribution is -2.49. The van der Waals surface area contributed by atoms with Crippen LogP contribution in [-0.2, 0) is 14.6 Å². The number of sulfone groups is 1. The van der Waals surface area contributed by atoms with E-state index in [4.69, 9.17) is 11.6 Å². The minimum Gasteiger partial charge on any atom is -0.339 e. The molecule has 132 valence electrons. The summed E-state index contributed by atoms with van der Waals surface area (Å²) < 4.78 is 24.8. The van der Waals surface area contributed by atoms with E-state index in [-0.39, 0.29) is 23.0 Å². The Morgan fingerprint density at radius 1 is 1.08 bits per heavy atom. The number of halogens is 1. The van der Waals surface area contributed by atoms with Gasteiger partial charge in [0.15, 0.2) is 9.84 Å². The van der Waals surface area contributed by atoms with Gasteiger partial charge in [0.05, 0.1) is 10.6 Å². The fourth-order valence-electron chi connectivity index (χ4n) is 4.06. The van der Waals surface area contributed by atoms with Crippen molar-refractivity contribution in [3.8, 4) is 0 Å². The van der Waals surface area contributed by atoms with E-state index < -0.39 is 9.84 Å². The number of hydrogen-bond acceptors (Lipinski definition) is 3. The van der Waals surface area contributed by atoms with E-state index in [1.54, 1.807) is 12.1 Å². The highest BCUT2D eigenvalue weighted by atomic mass is 35.5. The molecule has 24 heavy (non-hydrogen) atoms. The number of nitrogens with zero attached hydrogens (tertiary/aromatic N) is 1. The number of rotatable bonds is 4. The summed E-state index contributed by atoms with van der Waals surface area (Å²) in [5.41, 5.74) is 0. The first-order chi connectivity index (χ1) is 11.5. The first-order valence-electron chi connectivity index (χ1n) is 8.75. The van der Waals surface area contributed by atoms with Gasteiger partial charge in [-0.2, -0.15) is 0 Å². The molecule has 0 spiro atoms. The van der Waals surface area contributed by atoms with Gasteiger partial charge in [-0.3, -0.25) is 4.79 Å². The van der Waals surface area contributed by atoms with Crippen molar-refractivity contribution in [2.24, 2.45) is 5.92 Å². The summed E-state index contributed by atoms with van der Waals surface area (Å²) in [5.74, 6) is 0.468. The quantitative estimate of drug-likeness (QED) is 0.813. The predicted molar refractivity (Wildman–Crippen MR) is 94.8 cm³/mol. The number of carbonyl (C=O) groups excluding carboxylic acids is 1. The third kappa shape index (κ3) is 3.94. The van der Waals surface area contributed by atoms with Crippen molar-refractivity contribution in [2.45, 2.75) is 55.9 Å². The second kappa shape index (κ2) is 7.44. The van der Waals surface area contributed by atoms with Crippen LogP contribution in [0.15, 0.2) is 29.2 Å². The average Bonchev–Trinajstić information content (AvgIpc) is 2.59. The van der Waals surface area contributed by atoms with Gasteiger partial charge in [0, 0.05) is 24.0 Å². The Balaban J connectivity index is 1.63. The van der Waals surface area contributed by atoms with Crippen molar-refractivity contribution >= 4 is 27.3 Å². The number of amides is 1. The van der Waals surface area contributed by atoms with E-state index in [1.807, 2.05) is 4.90 Å². The van der Waals surface area contributed by atoms with Crippen LogP contribution < -0.4 is 0 Å². The van der Waals surface area contributed by atoms with Crippen LogP contribution in [0.25, 0.3) is 0 Å². The van der Waals surface area contributed by atoms with Gasteiger partial charge in [-0.25, -0.2) is 8.42 Å². The first-order valence-corrected chi connectivity index (χ1v) is 10.8. The Morgan fingerprint density at radius 2 is 1.75 bits per heavy atom. The minimum atomic E-state index is -3.45. The molecule has 0 aromatic heterocycles. The van der Waals surface area contributed by atoms with Gasteiger partial charge in [-0.1, -0.05) is 24.4 Å². The molecule has 1 heterocycles. The SMILES string of the molecule is O=C(CCS(=O)(=O)c1ccc(Cl)cc1)N1CCCC2CCCCC21. The van der Waals surface area contributed by atoms with Gasteiger partial charge in [0.25, 0.3) is 0 Å². The van der Waals surface area contributed by atoms with Crippen LogP contribution >= 0.6 is 11.6 Å². The molecule has 2 unspecified atom stereocenters. The molecule has 6 heteroatoms. The summed E-state index contributed by atoms with van der Waals surface area (Å²) >= 11 is 5.80. The monoisotopic (exact) mass is 369 g/mol. The highest BCUT2D eigenvalue weighted by Gasteiger charge is 2.35. The van der Waals surface area contributed by atoms with Crippen LogP contribution in [0.5, 0.6) is 0 Å². The van der Waals surface area contributed by atoms with Crippen molar-refractivity contribution in [1.29, 1.82) is 0 Å². The summed E-state index contributed by atoms with van der Waals surface area (Å²) in [5, 5.41) is 0.502. The van der Waals surface area contributed by atoms with Gasteiger partial charge in [0.2, 0.25) is 5.91 Å². The minimum absolute atomic E-state index is 0.0101. The molecule has 1 amide bonds. The third-order valence-corrected chi connectivity index (χ3v) is 7.30. The Morgan fingerprint density at radius 3 is 2.50 bits per heavy atom. The van der Waals surface area contributed by atoms with E-state index in [9.17, 15) is 13.2 Å². The zero-order valence-electron chi connectivity index (χ0n) is 13.8. The normalized spacial score (nSPS) is 24.5. The van der Waals surface area contributed by atoms with Gasteiger partial charge in [-0.05, 0) is 55.9 Å². The molecule has 0 radical (unpaired) electrons. The highest BCUT2D eigenvalue weighted by molar-refractivity contribution is 7.91. The van der Waals surface area contributed by atoms with Crippen molar-refractivity contribution in [1.82, 2.24) is 4.90 Å². The molecule has 1 aromatic carbocycles. The smallest absolute Gasteiger partial charge is 0.223 e.